The van der Waals surface area contributed by atoms with Crippen molar-refractivity contribution in [3.05, 3.63) is 35.4 Å². The Bertz CT molecular complexity index is 444. The molecule has 1 aromatic carbocycles. The largest absolute Gasteiger partial charge is 0.379 e. The molecule has 0 spiro atoms. The maximum Gasteiger partial charge on any atom is 0.251 e. The van der Waals surface area contributed by atoms with Crippen LogP contribution in [0.15, 0.2) is 24.3 Å². The maximum absolute atomic E-state index is 12.2. The van der Waals surface area contributed by atoms with Gasteiger partial charge < -0.3 is 15.8 Å². The summed E-state index contributed by atoms with van der Waals surface area (Å²) in [6.45, 7) is 6.75. The molecular formula is C15H23N3O2. The number of benzene rings is 1. The first-order valence-electron chi connectivity index (χ1n) is 7.09. The average molecular weight is 277 g/mol. The third-order valence-corrected chi connectivity index (χ3v) is 3.44. The molecule has 1 amide bonds. The van der Waals surface area contributed by atoms with Gasteiger partial charge in [0.15, 0.2) is 0 Å². The van der Waals surface area contributed by atoms with Crippen LogP contribution in [0.5, 0.6) is 0 Å². The van der Waals surface area contributed by atoms with Gasteiger partial charge in [-0.15, -0.1) is 0 Å². The highest BCUT2D eigenvalue weighted by Gasteiger charge is 2.15. The monoisotopic (exact) mass is 277 g/mol. The third-order valence-electron chi connectivity index (χ3n) is 3.44. The number of hydrogen-bond acceptors (Lipinski definition) is 4. The fraction of sp³-hybridized carbons (Fsp3) is 0.533. The Morgan fingerprint density at radius 2 is 2.20 bits per heavy atom. The van der Waals surface area contributed by atoms with E-state index >= 15 is 0 Å². The standard InChI is InChI=1S/C15H23N3O2/c1-12(11-18-5-7-20-8-6-18)17-15(19)14-4-2-3-13(9-14)10-16/h2-4,9,12H,5-8,10-11,16H2,1H3,(H,17,19). The van der Waals surface area contributed by atoms with Crippen molar-refractivity contribution in [3.63, 3.8) is 0 Å². The molecule has 5 nitrogen and oxygen atoms in total. The van der Waals surface area contributed by atoms with Crippen molar-refractivity contribution in [2.75, 3.05) is 32.8 Å². The number of hydrogen-bond donors (Lipinski definition) is 2. The first-order chi connectivity index (χ1) is 9.69. The normalized spacial score (nSPS) is 17.7. The van der Waals surface area contributed by atoms with Gasteiger partial charge in [-0.1, -0.05) is 12.1 Å². The van der Waals surface area contributed by atoms with Gasteiger partial charge >= 0.3 is 0 Å². The Hall–Kier alpha value is -1.43. The molecule has 1 unspecified atom stereocenters. The van der Waals surface area contributed by atoms with Crippen molar-refractivity contribution in [1.82, 2.24) is 10.2 Å². The lowest BCUT2D eigenvalue weighted by atomic mass is 10.1. The van der Waals surface area contributed by atoms with Crippen molar-refractivity contribution < 1.29 is 9.53 Å². The molecule has 0 aromatic heterocycles. The average Bonchev–Trinajstić information content (AvgIpc) is 2.48. The highest BCUT2D eigenvalue weighted by molar-refractivity contribution is 5.94. The third kappa shape index (κ3) is 4.30. The van der Waals surface area contributed by atoms with Crippen LogP contribution in [0.1, 0.15) is 22.8 Å². The first-order valence-corrected chi connectivity index (χ1v) is 7.09. The smallest absolute Gasteiger partial charge is 0.251 e. The Labute approximate surface area is 120 Å². The molecule has 1 heterocycles. The molecule has 1 atom stereocenters. The van der Waals surface area contributed by atoms with E-state index in [1.807, 2.05) is 31.2 Å². The van der Waals surface area contributed by atoms with Crippen molar-refractivity contribution >= 4 is 5.91 Å². The Balaban J connectivity index is 1.86. The number of nitrogens with two attached hydrogens (primary N) is 1. The maximum atomic E-state index is 12.2. The van der Waals surface area contributed by atoms with Gasteiger partial charge in [0, 0.05) is 37.8 Å². The van der Waals surface area contributed by atoms with Crippen LogP contribution >= 0.6 is 0 Å². The summed E-state index contributed by atoms with van der Waals surface area (Å²) in [6.07, 6.45) is 0. The van der Waals surface area contributed by atoms with Crippen molar-refractivity contribution in [3.8, 4) is 0 Å². The van der Waals surface area contributed by atoms with Crippen LogP contribution in [-0.2, 0) is 11.3 Å². The minimum atomic E-state index is -0.0407. The zero-order valence-electron chi connectivity index (χ0n) is 12.0. The van der Waals surface area contributed by atoms with Crippen molar-refractivity contribution in [2.45, 2.75) is 19.5 Å². The van der Waals surface area contributed by atoms with E-state index in [9.17, 15) is 4.79 Å². The Morgan fingerprint density at radius 1 is 1.45 bits per heavy atom. The molecule has 1 aliphatic heterocycles. The van der Waals surface area contributed by atoms with E-state index < -0.39 is 0 Å². The van der Waals surface area contributed by atoms with E-state index in [-0.39, 0.29) is 11.9 Å². The molecule has 1 aliphatic rings. The molecular weight excluding hydrogens is 254 g/mol. The molecule has 110 valence electrons. The van der Waals surface area contributed by atoms with Crippen LogP contribution in [-0.4, -0.2) is 49.7 Å². The molecule has 2 rings (SSSR count). The summed E-state index contributed by atoms with van der Waals surface area (Å²) < 4.78 is 5.32. The number of carbonyl (C=O) groups excluding carboxylic acids is 1. The molecule has 3 N–H and O–H groups in total. The second-order valence-electron chi connectivity index (χ2n) is 5.19. The van der Waals surface area contributed by atoms with Gasteiger partial charge in [-0.3, -0.25) is 9.69 Å². The van der Waals surface area contributed by atoms with Crippen LogP contribution in [0.4, 0.5) is 0 Å². The van der Waals surface area contributed by atoms with E-state index in [0.717, 1.165) is 38.4 Å². The van der Waals surface area contributed by atoms with Crippen LogP contribution in [0.3, 0.4) is 0 Å². The summed E-state index contributed by atoms with van der Waals surface area (Å²) in [5.74, 6) is -0.0407. The predicted octanol–water partition coefficient (Wildman–Crippen LogP) is 0.596. The number of nitrogens with one attached hydrogen (secondary N) is 1. The van der Waals surface area contributed by atoms with Gasteiger partial charge in [0.25, 0.3) is 5.91 Å². The highest BCUT2D eigenvalue weighted by Crippen LogP contribution is 2.05. The number of nitrogens with zero attached hydrogens (tertiary/aromatic N) is 1. The van der Waals surface area contributed by atoms with E-state index in [0.29, 0.717) is 12.1 Å². The molecule has 0 aliphatic carbocycles. The summed E-state index contributed by atoms with van der Waals surface area (Å²) in [5.41, 5.74) is 7.23. The molecule has 1 aromatic rings. The molecule has 5 heteroatoms. The minimum Gasteiger partial charge on any atom is -0.379 e. The number of morpholine rings is 1. The second-order valence-corrected chi connectivity index (χ2v) is 5.19. The van der Waals surface area contributed by atoms with Gasteiger partial charge in [0.2, 0.25) is 0 Å². The van der Waals surface area contributed by atoms with Crippen LogP contribution in [0.2, 0.25) is 0 Å². The minimum absolute atomic E-state index is 0.0407. The number of carbonyl (C=O) groups is 1. The summed E-state index contributed by atoms with van der Waals surface area (Å²) in [7, 11) is 0. The molecule has 1 fully saturated rings. The molecule has 1 saturated heterocycles. The number of amides is 1. The second kappa shape index (κ2) is 7.38. The summed E-state index contributed by atoms with van der Waals surface area (Å²) in [5, 5.41) is 3.03. The van der Waals surface area contributed by atoms with Crippen LogP contribution in [0, 0.1) is 0 Å². The summed E-state index contributed by atoms with van der Waals surface area (Å²) >= 11 is 0. The van der Waals surface area contributed by atoms with E-state index in [1.165, 1.54) is 0 Å². The number of ether oxygens (including phenoxy) is 1. The summed E-state index contributed by atoms with van der Waals surface area (Å²) in [6, 6.07) is 7.56. The molecule has 0 bridgehead atoms. The van der Waals surface area contributed by atoms with Crippen LogP contribution in [0.25, 0.3) is 0 Å². The molecule has 0 saturated carbocycles. The lowest BCUT2D eigenvalue weighted by Crippen LogP contribution is -2.46. The fourth-order valence-electron chi connectivity index (χ4n) is 2.36. The number of rotatable bonds is 5. The van der Waals surface area contributed by atoms with Crippen molar-refractivity contribution in [1.29, 1.82) is 0 Å². The van der Waals surface area contributed by atoms with Crippen molar-refractivity contribution in [2.24, 2.45) is 5.73 Å². The Morgan fingerprint density at radius 3 is 2.90 bits per heavy atom. The SMILES string of the molecule is CC(CN1CCOCC1)NC(=O)c1cccc(CN)c1. The van der Waals surface area contributed by atoms with Gasteiger partial charge in [0.1, 0.15) is 0 Å². The lowest BCUT2D eigenvalue weighted by molar-refractivity contribution is 0.0342. The van der Waals surface area contributed by atoms with Gasteiger partial charge in [0.05, 0.1) is 13.2 Å². The highest BCUT2D eigenvalue weighted by atomic mass is 16.5. The van der Waals surface area contributed by atoms with Gasteiger partial charge in [-0.25, -0.2) is 0 Å². The molecule has 0 radical (unpaired) electrons. The van der Waals surface area contributed by atoms with E-state index in [2.05, 4.69) is 10.2 Å². The zero-order chi connectivity index (χ0) is 14.4. The Kier molecular flexibility index (Phi) is 5.52. The fourth-order valence-corrected chi connectivity index (χ4v) is 2.36. The zero-order valence-corrected chi connectivity index (χ0v) is 12.0. The van der Waals surface area contributed by atoms with Crippen LogP contribution < -0.4 is 11.1 Å². The van der Waals surface area contributed by atoms with E-state index in [4.69, 9.17) is 10.5 Å². The lowest BCUT2D eigenvalue weighted by Gasteiger charge is -2.29. The van der Waals surface area contributed by atoms with Gasteiger partial charge in [-0.05, 0) is 24.6 Å². The predicted molar refractivity (Wildman–Crippen MR) is 78.5 cm³/mol. The molecule has 20 heavy (non-hydrogen) atoms. The topological polar surface area (TPSA) is 67.6 Å². The van der Waals surface area contributed by atoms with Gasteiger partial charge in [-0.2, -0.15) is 0 Å². The van der Waals surface area contributed by atoms with E-state index in [1.54, 1.807) is 0 Å². The first kappa shape index (κ1) is 15.0. The summed E-state index contributed by atoms with van der Waals surface area (Å²) in [4.78, 5) is 14.5. The quantitative estimate of drug-likeness (QED) is 0.827.